The van der Waals surface area contributed by atoms with Crippen molar-refractivity contribution in [3.8, 4) is 11.5 Å². The normalized spacial score (nSPS) is 10.4. The van der Waals surface area contributed by atoms with Crippen LogP contribution >= 0.6 is 0 Å². The topological polar surface area (TPSA) is 62.8 Å². The number of rotatable bonds is 10. The Balaban J connectivity index is 1.82. The van der Waals surface area contributed by atoms with Gasteiger partial charge in [0, 0.05) is 31.0 Å². The summed E-state index contributed by atoms with van der Waals surface area (Å²) in [6.45, 7) is 6.97. The van der Waals surface area contributed by atoms with Gasteiger partial charge in [-0.15, -0.1) is 0 Å². The van der Waals surface area contributed by atoms with E-state index in [1.807, 2.05) is 42.5 Å². The van der Waals surface area contributed by atoms with Gasteiger partial charge in [0.2, 0.25) is 5.91 Å². The van der Waals surface area contributed by atoms with Gasteiger partial charge in [0.15, 0.2) is 11.5 Å². The molecule has 0 saturated heterocycles. The first-order chi connectivity index (χ1) is 13.1. The lowest BCUT2D eigenvalue weighted by molar-refractivity contribution is -0.115. The van der Waals surface area contributed by atoms with Gasteiger partial charge in [-0.2, -0.15) is 0 Å². The van der Waals surface area contributed by atoms with Crippen LogP contribution in [0.2, 0.25) is 0 Å². The number of carbonyl (C=O) groups is 1. The Bertz CT molecular complexity index is 728. The molecule has 27 heavy (non-hydrogen) atoms. The summed E-state index contributed by atoms with van der Waals surface area (Å²) >= 11 is 0. The number of methoxy groups -OCH3 is 2. The first kappa shape index (κ1) is 20.6. The summed E-state index contributed by atoms with van der Waals surface area (Å²) in [5, 5.41) is 6.05. The highest BCUT2D eigenvalue weighted by Gasteiger charge is 2.07. The number of nitrogens with one attached hydrogen (secondary N) is 2. The van der Waals surface area contributed by atoms with Crippen molar-refractivity contribution in [2.24, 2.45) is 0 Å². The molecule has 0 aliphatic heterocycles. The molecule has 0 aromatic heterocycles. The molecule has 0 aliphatic rings. The van der Waals surface area contributed by atoms with E-state index in [1.54, 1.807) is 14.2 Å². The summed E-state index contributed by atoms with van der Waals surface area (Å²) in [7, 11) is 3.21. The van der Waals surface area contributed by atoms with Crippen LogP contribution in [0.3, 0.4) is 0 Å². The van der Waals surface area contributed by atoms with Gasteiger partial charge < -0.3 is 25.0 Å². The van der Waals surface area contributed by atoms with Crippen molar-refractivity contribution < 1.29 is 14.3 Å². The van der Waals surface area contributed by atoms with E-state index in [1.165, 1.54) is 0 Å². The smallest absolute Gasteiger partial charge is 0.238 e. The van der Waals surface area contributed by atoms with Gasteiger partial charge >= 0.3 is 0 Å². The summed E-state index contributed by atoms with van der Waals surface area (Å²) in [6, 6.07) is 13.6. The first-order valence-corrected chi connectivity index (χ1v) is 9.17. The fourth-order valence-electron chi connectivity index (χ4n) is 2.86. The average molecular weight is 371 g/mol. The number of ether oxygens (including phenoxy) is 2. The fraction of sp³-hybridized carbons (Fsp3) is 0.381. The molecule has 0 radical (unpaired) electrons. The van der Waals surface area contributed by atoms with Crippen LogP contribution in [-0.2, 0) is 11.3 Å². The van der Waals surface area contributed by atoms with E-state index in [2.05, 4.69) is 29.4 Å². The first-order valence-electron chi connectivity index (χ1n) is 9.17. The lowest BCUT2D eigenvalue weighted by Crippen LogP contribution is -2.27. The molecule has 2 rings (SSSR count). The minimum absolute atomic E-state index is 0.0777. The maximum Gasteiger partial charge on any atom is 0.238 e. The van der Waals surface area contributed by atoms with Crippen LogP contribution in [0.5, 0.6) is 11.5 Å². The van der Waals surface area contributed by atoms with Gasteiger partial charge in [0.05, 0.1) is 20.8 Å². The Kier molecular flexibility index (Phi) is 7.95. The zero-order chi connectivity index (χ0) is 19.6. The van der Waals surface area contributed by atoms with E-state index in [4.69, 9.17) is 9.47 Å². The van der Waals surface area contributed by atoms with Crippen LogP contribution in [0.4, 0.5) is 11.4 Å². The molecule has 0 aliphatic carbocycles. The molecular weight excluding hydrogens is 342 g/mol. The third-order valence-corrected chi connectivity index (χ3v) is 4.34. The molecule has 146 valence electrons. The van der Waals surface area contributed by atoms with Crippen molar-refractivity contribution >= 4 is 17.3 Å². The summed E-state index contributed by atoms with van der Waals surface area (Å²) in [5.74, 6) is 1.28. The molecule has 2 aromatic rings. The molecule has 0 saturated carbocycles. The molecule has 6 heteroatoms. The zero-order valence-corrected chi connectivity index (χ0v) is 16.5. The van der Waals surface area contributed by atoms with Crippen LogP contribution in [0.1, 0.15) is 19.4 Å². The summed E-state index contributed by atoms with van der Waals surface area (Å²) in [5.41, 5.74) is 2.97. The van der Waals surface area contributed by atoms with E-state index >= 15 is 0 Å². The predicted molar refractivity (Wildman–Crippen MR) is 110 cm³/mol. The van der Waals surface area contributed by atoms with Crippen LogP contribution in [0.15, 0.2) is 42.5 Å². The molecule has 6 nitrogen and oxygen atoms in total. The van der Waals surface area contributed by atoms with Gasteiger partial charge in [0.1, 0.15) is 0 Å². The maximum atomic E-state index is 12.1. The van der Waals surface area contributed by atoms with Crippen LogP contribution < -0.4 is 25.0 Å². The highest BCUT2D eigenvalue weighted by molar-refractivity contribution is 5.92. The largest absolute Gasteiger partial charge is 0.493 e. The molecule has 1 amide bonds. The highest BCUT2D eigenvalue weighted by Crippen LogP contribution is 2.27. The molecule has 0 bridgehead atoms. The summed E-state index contributed by atoms with van der Waals surface area (Å²) < 4.78 is 10.5. The third-order valence-electron chi connectivity index (χ3n) is 4.34. The second kappa shape index (κ2) is 10.4. The highest BCUT2D eigenvalue weighted by atomic mass is 16.5. The number of anilines is 2. The van der Waals surface area contributed by atoms with Crippen molar-refractivity contribution in [2.45, 2.75) is 20.4 Å². The number of nitrogens with zero attached hydrogens (tertiary/aromatic N) is 1. The number of hydrogen-bond acceptors (Lipinski definition) is 5. The molecule has 2 N–H and O–H groups in total. The fourth-order valence-corrected chi connectivity index (χ4v) is 2.86. The van der Waals surface area contributed by atoms with Crippen molar-refractivity contribution in [1.82, 2.24) is 5.32 Å². The van der Waals surface area contributed by atoms with Crippen LogP contribution in [-0.4, -0.2) is 39.8 Å². The lowest BCUT2D eigenvalue weighted by atomic mass is 10.2. The Morgan fingerprint density at radius 2 is 1.63 bits per heavy atom. The van der Waals surface area contributed by atoms with Crippen molar-refractivity contribution in [1.29, 1.82) is 0 Å². The van der Waals surface area contributed by atoms with E-state index in [9.17, 15) is 4.79 Å². The second-order valence-electron chi connectivity index (χ2n) is 6.06. The van der Waals surface area contributed by atoms with Gasteiger partial charge in [-0.05, 0) is 55.8 Å². The molecule has 0 unspecified atom stereocenters. The predicted octanol–water partition coefficient (Wildman–Crippen LogP) is 3.28. The summed E-state index contributed by atoms with van der Waals surface area (Å²) in [6.07, 6.45) is 0. The van der Waals surface area contributed by atoms with Crippen LogP contribution in [0.25, 0.3) is 0 Å². The minimum atomic E-state index is -0.0777. The molecule has 0 spiro atoms. The van der Waals surface area contributed by atoms with E-state index in [0.717, 1.165) is 30.0 Å². The quantitative estimate of drug-likeness (QED) is 0.671. The summed E-state index contributed by atoms with van der Waals surface area (Å²) in [4.78, 5) is 14.4. The molecule has 0 heterocycles. The SMILES string of the molecule is CCN(CC)c1ccc(NC(=O)CNCc2ccc(OC)c(OC)c2)cc1. The molecular formula is C21H29N3O3. The number of carbonyl (C=O) groups excluding carboxylic acids is 1. The maximum absolute atomic E-state index is 12.1. The van der Waals surface area contributed by atoms with E-state index in [0.29, 0.717) is 18.0 Å². The number of amides is 1. The molecule has 2 aromatic carbocycles. The lowest BCUT2D eigenvalue weighted by Gasteiger charge is -2.21. The number of benzene rings is 2. The number of hydrogen-bond donors (Lipinski definition) is 2. The van der Waals surface area contributed by atoms with E-state index in [-0.39, 0.29) is 12.5 Å². The van der Waals surface area contributed by atoms with Crippen molar-refractivity contribution in [3.63, 3.8) is 0 Å². The molecule has 0 fully saturated rings. The van der Waals surface area contributed by atoms with Crippen LogP contribution in [0, 0.1) is 0 Å². The average Bonchev–Trinajstić information content (AvgIpc) is 2.70. The monoisotopic (exact) mass is 371 g/mol. The van der Waals surface area contributed by atoms with Crippen molar-refractivity contribution in [2.75, 3.05) is 44.1 Å². The third kappa shape index (κ3) is 5.89. The van der Waals surface area contributed by atoms with Gasteiger partial charge in [-0.1, -0.05) is 6.07 Å². The zero-order valence-electron chi connectivity index (χ0n) is 16.5. The standard InChI is InChI=1S/C21H29N3O3/c1-5-24(6-2)18-10-8-17(9-11-18)23-21(25)15-22-14-16-7-12-19(26-3)20(13-16)27-4/h7-13,22H,5-6,14-15H2,1-4H3,(H,23,25). The molecule has 0 atom stereocenters. The Labute approximate surface area is 161 Å². The Morgan fingerprint density at radius 3 is 2.22 bits per heavy atom. The van der Waals surface area contributed by atoms with Gasteiger partial charge in [-0.3, -0.25) is 4.79 Å². The second-order valence-corrected chi connectivity index (χ2v) is 6.06. The minimum Gasteiger partial charge on any atom is -0.493 e. The Hall–Kier alpha value is -2.73. The van der Waals surface area contributed by atoms with Crippen molar-refractivity contribution in [3.05, 3.63) is 48.0 Å². The van der Waals surface area contributed by atoms with Gasteiger partial charge in [-0.25, -0.2) is 0 Å². The Morgan fingerprint density at radius 1 is 0.963 bits per heavy atom. The van der Waals surface area contributed by atoms with E-state index < -0.39 is 0 Å². The van der Waals surface area contributed by atoms with Gasteiger partial charge in [0.25, 0.3) is 0 Å².